The highest BCUT2D eigenvalue weighted by atomic mass is 16.5. The molecule has 1 saturated heterocycles. The number of nitrogens with one attached hydrogen (secondary N) is 1. The first-order chi connectivity index (χ1) is 13.6. The van der Waals surface area contributed by atoms with E-state index in [-0.39, 0.29) is 5.91 Å². The molecule has 7 heteroatoms. The Kier molecular flexibility index (Phi) is 6.86. The van der Waals surface area contributed by atoms with Gasteiger partial charge in [0.15, 0.2) is 6.61 Å². The number of anilines is 1. The minimum absolute atomic E-state index is 0.309. The lowest BCUT2D eigenvalue weighted by molar-refractivity contribution is -0.139. The maximum atomic E-state index is 12.4. The van der Waals surface area contributed by atoms with E-state index in [0.29, 0.717) is 29.5 Å². The number of benzene rings is 2. The zero-order chi connectivity index (χ0) is 19.8. The maximum absolute atomic E-state index is 12.4. The topological polar surface area (TPSA) is 94.1 Å². The Balaban J connectivity index is 1.52. The number of carbonyl (C=O) groups excluding carboxylic acids is 1. The quantitative estimate of drug-likeness (QED) is 0.725. The number of amides is 1. The van der Waals surface area contributed by atoms with Crippen molar-refractivity contribution in [2.24, 2.45) is 5.92 Å². The SMILES string of the molecule is O=C(O)COc1cccc(C(=O)Nc2ccc(OCC3CCOCC3)cc2)c1. The highest BCUT2D eigenvalue weighted by Gasteiger charge is 2.14. The summed E-state index contributed by atoms with van der Waals surface area (Å²) in [5, 5.41) is 11.5. The van der Waals surface area contributed by atoms with Crippen LogP contribution in [0.5, 0.6) is 11.5 Å². The summed E-state index contributed by atoms with van der Waals surface area (Å²) >= 11 is 0. The third-order valence-electron chi connectivity index (χ3n) is 4.40. The Labute approximate surface area is 163 Å². The first kappa shape index (κ1) is 19.7. The van der Waals surface area contributed by atoms with Crippen molar-refractivity contribution in [2.75, 3.05) is 31.7 Å². The number of ether oxygens (including phenoxy) is 3. The fourth-order valence-corrected chi connectivity index (χ4v) is 2.84. The molecule has 0 aliphatic carbocycles. The van der Waals surface area contributed by atoms with Crippen molar-refractivity contribution in [2.45, 2.75) is 12.8 Å². The second-order valence-corrected chi connectivity index (χ2v) is 6.56. The van der Waals surface area contributed by atoms with Crippen LogP contribution < -0.4 is 14.8 Å². The summed E-state index contributed by atoms with van der Waals surface area (Å²) in [6.45, 7) is 1.79. The van der Waals surface area contributed by atoms with Crippen molar-refractivity contribution in [3.05, 3.63) is 54.1 Å². The molecule has 0 saturated carbocycles. The molecule has 1 amide bonds. The van der Waals surface area contributed by atoms with Gasteiger partial charge in [0.25, 0.3) is 5.91 Å². The number of hydrogen-bond donors (Lipinski definition) is 2. The summed E-state index contributed by atoms with van der Waals surface area (Å²) in [6.07, 6.45) is 2.03. The summed E-state index contributed by atoms with van der Waals surface area (Å²) in [6, 6.07) is 13.6. The molecule has 0 spiro atoms. The third-order valence-corrected chi connectivity index (χ3v) is 4.40. The van der Waals surface area contributed by atoms with Crippen LogP contribution in [0, 0.1) is 5.92 Å². The molecule has 1 aliphatic rings. The molecule has 1 heterocycles. The van der Waals surface area contributed by atoms with Gasteiger partial charge in [0, 0.05) is 24.5 Å². The predicted molar refractivity (Wildman–Crippen MR) is 103 cm³/mol. The summed E-state index contributed by atoms with van der Waals surface area (Å²) in [4.78, 5) is 23.0. The Morgan fingerprint density at radius 2 is 1.79 bits per heavy atom. The number of aliphatic carboxylic acids is 1. The summed E-state index contributed by atoms with van der Waals surface area (Å²) in [5.74, 6) is 0.217. The van der Waals surface area contributed by atoms with Gasteiger partial charge in [-0.1, -0.05) is 6.07 Å². The summed E-state index contributed by atoms with van der Waals surface area (Å²) in [5.41, 5.74) is 1.02. The van der Waals surface area contributed by atoms with E-state index in [0.717, 1.165) is 31.8 Å². The molecule has 2 aromatic carbocycles. The molecule has 1 aliphatic heterocycles. The number of carboxylic acids is 1. The average molecular weight is 385 g/mol. The zero-order valence-electron chi connectivity index (χ0n) is 15.4. The minimum Gasteiger partial charge on any atom is -0.493 e. The molecule has 1 fully saturated rings. The molecule has 28 heavy (non-hydrogen) atoms. The first-order valence-corrected chi connectivity index (χ1v) is 9.17. The highest BCUT2D eigenvalue weighted by Crippen LogP contribution is 2.21. The van der Waals surface area contributed by atoms with Crippen molar-refractivity contribution in [3.63, 3.8) is 0 Å². The molecule has 2 N–H and O–H groups in total. The Bertz CT molecular complexity index is 799. The first-order valence-electron chi connectivity index (χ1n) is 9.17. The van der Waals surface area contributed by atoms with Gasteiger partial charge in [-0.15, -0.1) is 0 Å². The van der Waals surface area contributed by atoms with Crippen LogP contribution in [0.4, 0.5) is 5.69 Å². The van der Waals surface area contributed by atoms with Crippen LogP contribution in [0.1, 0.15) is 23.2 Å². The second-order valence-electron chi connectivity index (χ2n) is 6.56. The monoisotopic (exact) mass is 385 g/mol. The molecular formula is C21H23NO6. The summed E-state index contributed by atoms with van der Waals surface area (Å²) in [7, 11) is 0. The van der Waals surface area contributed by atoms with Gasteiger partial charge < -0.3 is 24.6 Å². The number of carbonyl (C=O) groups is 2. The van der Waals surface area contributed by atoms with Gasteiger partial charge in [-0.3, -0.25) is 4.79 Å². The van der Waals surface area contributed by atoms with Crippen LogP contribution in [0.2, 0.25) is 0 Å². The van der Waals surface area contributed by atoms with Gasteiger partial charge in [-0.05, 0) is 61.2 Å². The van der Waals surface area contributed by atoms with Crippen molar-refractivity contribution in [3.8, 4) is 11.5 Å². The molecular weight excluding hydrogens is 362 g/mol. The zero-order valence-corrected chi connectivity index (χ0v) is 15.4. The van der Waals surface area contributed by atoms with Crippen molar-refractivity contribution >= 4 is 17.6 Å². The van der Waals surface area contributed by atoms with E-state index < -0.39 is 12.6 Å². The van der Waals surface area contributed by atoms with E-state index in [2.05, 4.69) is 5.32 Å². The van der Waals surface area contributed by atoms with Crippen LogP contribution in [0.15, 0.2) is 48.5 Å². The van der Waals surface area contributed by atoms with Crippen molar-refractivity contribution in [1.82, 2.24) is 0 Å². The van der Waals surface area contributed by atoms with Crippen LogP contribution in [0.3, 0.4) is 0 Å². The van der Waals surface area contributed by atoms with Crippen molar-refractivity contribution in [1.29, 1.82) is 0 Å². The third kappa shape index (κ3) is 5.99. The average Bonchev–Trinajstić information content (AvgIpc) is 2.73. The molecule has 0 unspecified atom stereocenters. The molecule has 148 valence electrons. The number of hydrogen-bond acceptors (Lipinski definition) is 5. The Hall–Kier alpha value is -3.06. The number of rotatable bonds is 8. The van der Waals surface area contributed by atoms with E-state index in [9.17, 15) is 9.59 Å². The molecule has 7 nitrogen and oxygen atoms in total. The number of carboxylic acid groups (broad SMARTS) is 1. The van der Waals surface area contributed by atoms with E-state index in [1.54, 1.807) is 30.3 Å². The van der Waals surface area contributed by atoms with Crippen LogP contribution in [-0.4, -0.2) is 43.4 Å². The molecule has 0 atom stereocenters. The molecule has 0 aromatic heterocycles. The fraction of sp³-hybridized carbons (Fsp3) is 0.333. The summed E-state index contributed by atoms with van der Waals surface area (Å²) < 4.78 is 16.3. The lowest BCUT2D eigenvalue weighted by atomic mass is 10.0. The van der Waals surface area contributed by atoms with E-state index in [1.807, 2.05) is 12.1 Å². The van der Waals surface area contributed by atoms with Crippen molar-refractivity contribution < 1.29 is 28.9 Å². The van der Waals surface area contributed by atoms with Crippen LogP contribution in [0.25, 0.3) is 0 Å². The van der Waals surface area contributed by atoms with Gasteiger partial charge in [0.05, 0.1) is 6.61 Å². The second kappa shape index (κ2) is 9.75. The maximum Gasteiger partial charge on any atom is 0.341 e. The minimum atomic E-state index is -1.08. The molecule has 0 radical (unpaired) electrons. The van der Waals surface area contributed by atoms with Gasteiger partial charge in [0.1, 0.15) is 11.5 Å². The van der Waals surface area contributed by atoms with E-state index in [1.165, 1.54) is 6.07 Å². The van der Waals surface area contributed by atoms with Crippen LogP contribution >= 0.6 is 0 Å². The van der Waals surface area contributed by atoms with Gasteiger partial charge in [-0.2, -0.15) is 0 Å². The normalized spacial score (nSPS) is 14.3. The molecule has 2 aromatic rings. The smallest absolute Gasteiger partial charge is 0.341 e. The van der Waals surface area contributed by atoms with E-state index in [4.69, 9.17) is 19.3 Å². The fourth-order valence-electron chi connectivity index (χ4n) is 2.84. The van der Waals surface area contributed by atoms with Gasteiger partial charge in [-0.25, -0.2) is 4.79 Å². The van der Waals surface area contributed by atoms with Crippen LogP contribution in [-0.2, 0) is 9.53 Å². The van der Waals surface area contributed by atoms with E-state index >= 15 is 0 Å². The Morgan fingerprint density at radius 1 is 1.04 bits per heavy atom. The standard InChI is InChI=1S/C21H23NO6/c23-20(24)14-28-19-3-1-2-16(12-19)21(25)22-17-4-6-18(7-5-17)27-13-15-8-10-26-11-9-15/h1-7,12,15H,8-11,13-14H2,(H,22,25)(H,23,24). The Morgan fingerprint density at radius 3 is 2.50 bits per heavy atom. The molecule has 3 rings (SSSR count). The van der Waals surface area contributed by atoms with Gasteiger partial charge >= 0.3 is 5.97 Å². The van der Waals surface area contributed by atoms with Gasteiger partial charge in [0.2, 0.25) is 0 Å². The molecule has 0 bridgehead atoms. The largest absolute Gasteiger partial charge is 0.493 e. The predicted octanol–water partition coefficient (Wildman–Crippen LogP) is 3.21. The lowest BCUT2D eigenvalue weighted by Gasteiger charge is -2.22. The lowest BCUT2D eigenvalue weighted by Crippen LogP contribution is -2.21. The highest BCUT2D eigenvalue weighted by molar-refractivity contribution is 6.04.